The third-order valence-corrected chi connectivity index (χ3v) is 3.14. The average Bonchev–Trinajstić information content (AvgIpc) is 2.55. The van der Waals surface area contributed by atoms with Crippen molar-refractivity contribution in [2.45, 2.75) is 12.5 Å². The lowest BCUT2D eigenvalue weighted by Gasteiger charge is -2.18. The smallest absolute Gasteiger partial charge is 0.231 e. The fourth-order valence-electron chi connectivity index (χ4n) is 2.15. The van der Waals surface area contributed by atoms with E-state index < -0.39 is 0 Å². The van der Waals surface area contributed by atoms with E-state index in [0.717, 1.165) is 16.8 Å². The van der Waals surface area contributed by atoms with Gasteiger partial charge in [-0.2, -0.15) is 5.26 Å². The Hall–Kier alpha value is -1.86. The fourth-order valence-corrected chi connectivity index (χ4v) is 2.15. The molecular formula is C13H15N3O. The monoisotopic (exact) mass is 229 g/mol. The number of amides is 1. The molecule has 0 radical (unpaired) electrons. The van der Waals surface area contributed by atoms with Gasteiger partial charge in [-0.3, -0.25) is 9.69 Å². The van der Waals surface area contributed by atoms with Crippen LogP contribution in [0.3, 0.4) is 0 Å². The van der Waals surface area contributed by atoms with Crippen LogP contribution < -0.4 is 4.90 Å². The Bertz CT molecular complexity index is 502. The van der Waals surface area contributed by atoms with Gasteiger partial charge in [0.2, 0.25) is 5.91 Å². The zero-order valence-electron chi connectivity index (χ0n) is 10.3. The van der Waals surface area contributed by atoms with Gasteiger partial charge in [0.1, 0.15) is 6.04 Å². The van der Waals surface area contributed by atoms with Gasteiger partial charge in [-0.15, -0.1) is 0 Å². The first kappa shape index (κ1) is 11.6. The number of hydrogen-bond donors (Lipinski definition) is 0. The summed E-state index contributed by atoms with van der Waals surface area (Å²) in [5.41, 5.74) is 2.91. The first-order valence-corrected chi connectivity index (χ1v) is 5.50. The summed E-state index contributed by atoms with van der Waals surface area (Å²) in [5.74, 6) is 0.107. The average molecular weight is 229 g/mol. The highest BCUT2D eigenvalue weighted by atomic mass is 16.2. The molecule has 0 saturated carbocycles. The van der Waals surface area contributed by atoms with E-state index in [-0.39, 0.29) is 11.9 Å². The van der Waals surface area contributed by atoms with Crippen molar-refractivity contribution in [2.24, 2.45) is 0 Å². The number of carbonyl (C=O) groups excluding carboxylic acids is 1. The summed E-state index contributed by atoms with van der Waals surface area (Å²) in [4.78, 5) is 15.1. The van der Waals surface area contributed by atoms with Crippen LogP contribution in [0.25, 0.3) is 0 Å². The van der Waals surface area contributed by atoms with Crippen molar-refractivity contribution in [1.82, 2.24) is 4.90 Å². The Morgan fingerprint density at radius 3 is 2.76 bits per heavy atom. The molecule has 1 heterocycles. The summed E-state index contributed by atoms with van der Waals surface area (Å²) < 4.78 is 0. The van der Waals surface area contributed by atoms with Crippen LogP contribution in [0.15, 0.2) is 18.2 Å². The van der Waals surface area contributed by atoms with E-state index in [4.69, 9.17) is 5.26 Å². The van der Waals surface area contributed by atoms with Crippen molar-refractivity contribution in [3.63, 3.8) is 0 Å². The topological polar surface area (TPSA) is 47.3 Å². The molecule has 1 amide bonds. The lowest BCUT2D eigenvalue weighted by atomic mass is 10.0. The van der Waals surface area contributed by atoms with E-state index >= 15 is 0 Å². The predicted molar refractivity (Wildman–Crippen MR) is 65.6 cm³/mol. The van der Waals surface area contributed by atoms with Gasteiger partial charge >= 0.3 is 0 Å². The molecule has 1 aromatic rings. The molecule has 0 bridgehead atoms. The van der Waals surface area contributed by atoms with E-state index in [2.05, 4.69) is 6.07 Å². The van der Waals surface area contributed by atoms with E-state index in [1.54, 1.807) is 11.9 Å². The number of likely N-dealkylation sites (N-methyl/N-ethyl adjacent to an activating group) is 1. The summed E-state index contributed by atoms with van der Waals surface area (Å²) >= 11 is 0. The van der Waals surface area contributed by atoms with Crippen molar-refractivity contribution in [3.05, 3.63) is 29.3 Å². The SMILES string of the molecule is CN1C(=O)Cc2cc(C(C#N)N(C)C)ccc21. The summed E-state index contributed by atoms with van der Waals surface area (Å²) in [5, 5.41) is 9.13. The molecule has 0 spiro atoms. The highest BCUT2D eigenvalue weighted by molar-refractivity contribution is 6.00. The molecule has 1 aromatic carbocycles. The van der Waals surface area contributed by atoms with Crippen molar-refractivity contribution in [1.29, 1.82) is 5.26 Å². The summed E-state index contributed by atoms with van der Waals surface area (Å²) in [6.07, 6.45) is 0.436. The van der Waals surface area contributed by atoms with E-state index in [0.29, 0.717) is 6.42 Å². The normalized spacial score (nSPS) is 15.9. The molecule has 2 rings (SSSR count). The Morgan fingerprint density at radius 1 is 1.47 bits per heavy atom. The van der Waals surface area contributed by atoms with Gasteiger partial charge in [0.25, 0.3) is 0 Å². The number of fused-ring (bicyclic) bond motifs is 1. The maximum atomic E-state index is 11.6. The number of nitrogens with zero attached hydrogens (tertiary/aromatic N) is 3. The van der Waals surface area contributed by atoms with Gasteiger partial charge in [0.15, 0.2) is 0 Å². The lowest BCUT2D eigenvalue weighted by Crippen LogP contribution is -2.20. The van der Waals surface area contributed by atoms with Gasteiger partial charge < -0.3 is 4.90 Å². The van der Waals surface area contributed by atoms with Gasteiger partial charge in [0.05, 0.1) is 12.5 Å². The molecule has 1 aliphatic rings. The molecule has 17 heavy (non-hydrogen) atoms. The zero-order valence-corrected chi connectivity index (χ0v) is 10.3. The standard InChI is InChI=1S/C13H15N3O/c1-15(2)12(8-14)9-4-5-11-10(6-9)7-13(17)16(11)3/h4-6,12H,7H2,1-3H3. The lowest BCUT2D eigenvalue weighted by molar-refractivity contribution is -0.117. The number of nitriles is 1. The minimum absolute atomic E-state index is 0.107. The minimum atomic E-state index is -0.263. The first-order valence-electron chi connectivity index (χ1n) is 5.50. The first-order chi connectivity index (χ1) is 8.04. The third kappa shape index (κ3) is 1.90. The second-order valence-electron chi connectivity index (χ2n) is 4.51. The van der Waals surface area contributed by atoms with Gasteiger partial charge in [-0.25, -0.2) is 0 Å². The maximum absolute atomic E-state index is 11.6. The molecule has 4 heteroatoms. The second kappa shape index (κ2) is 4.19. The van der Waals surface area contributed by atoms with E-state index in [9.17, 15) is 4.79 Å². The Morgan fingerprint density at radius 2 is 2.18 bits per heavy atom. The maximum Gasteiger partial charge on any atom is 0.231 e. The van der Waals surface area contributed by atoms with Crippen molar-refractivity contribution < 1.29 is 4.79 Å². The van der Waals surface area contributed by atoms with Crippen LogP contribution in [-0.2, 0) is 11.2 Å². The second-order valence-corrected chi connectivity index (χ2v) is 4.51. The predicted octanol–water partition coefficient (Wildman–Crippen LogP) is 1.33. The number of hydrogen-bond acceptors (Lipinski definition) is 3. The van der Waals surface area contributed by atoms with Crippen molar-refractivity contribution in [3.8, 4) is 6.07 Å². The van der Waals surface area contributed by atoms with Gasteiger partial charge in [0, 0.05) is 12.7 Å². The Kier molecular flexibility index (Phi) is 2.86. The molecule has 0 aromatic heterocycles. The molecule has 0 N–H and O–H groups in total. The number of benzene rings is 1. The molecule has 88 valence electrons. The molecule has 0 saturated heterocycles. The summed E-state index contributed by atoms with van der Waals surface area (Å²) in [7, 11) is 5.53. The highest BCUT2D eigenvalue weighted by Crippen LogP contribution is 2.30. The van der Waals surface area contributed by atoms with E-state index in [1.807, 2.05) is 37.2 Å². The third-order valence-electron chi connectivity index (χ3n) is 3.14. The Balaban J connectivity index is 2.40. The van der Waals surface area contributed by atoms with Crippen LogP contribution in [0.1, 0.15) is 17.2 Å². The summed E-state index contributed by atoms with van der Waals surface area (Å²) in [6, 6.07) is 7.80. The molecule has 0 fully saturated rings. The minimum Gasteiger partial charge on any atom is -0.315 e. The molecular weight excluding hydrogens is 214 g/mol. The molecule has 0 aliphatic carbocycles. The van der Waals surface area contributed by atoms with Crippen LogP contribution in [0, 0.1) is 11.3 Å². The van der Waals surface area contributed by atoms with Gasteiger partial charge in [-0.05, 0) is 31.3 Å². The van der Waals surface area contributed by atoms with Crippen molar-refractivity contribution in [2.75, 3.05) is 26.0 Å². The fraction of sp³-hybridized carbons (Fsp3) is 0.385. The van der Waals surface area contributed by atoms with Crippen LogP contribution >= 0.6 is 0 Å². The van der Waals surface area contributed by atoms with E-state index in [1.165, 1.54) is 0 Å². The molecule has 1 aliphatic heterocycles. The number of rotatable bonds is 2. The highest BCUT2D eigenvalue weighted by Gasteiger charge is 2.25. The number of anilines is 1. The van der Waals surface area contributed by atoms with Crippen LogP contribution in [0.5, 0.6) is 0 Å². The van der Waals surface area contributed by atoms with Crippen LogP contribution in [0.2, 0.25) is 0 Å². The van der Waals surface area contributed by atoms with Crippen LogP contribution in [0.4, 0.5) is 5.69 Å². The van der Waals surface area contributed by atoms with Gasteiger partial charge in [-0.1, -0.05) is 12.1 Å². The summed E-state index contributed by atoms with van der Waals surface area (Å²) in [6.45, 7) is 0. The Labute approximate surface area is 101 Å². The largest absolute Gasteiger partial charge is 0.315 e. The zero-order chi connectivity index (χ0) is 12.6. The van der Waals surface area contributed by atoms with Crippen molar-refractivity contribution >= 4 is 11.6 Å². The quantitative estimate of drug-likeness (QED) is 0.768. The molecule has 1 atom stereocenters. The molecule has 1 unspecified atom stereocenters. The molecule has 4 nitrogen and oxygen atoms in total. The van der Waals surface area contributed by atoms with Crippen LogP contribution in [-0.4, -0.2) is 32.0 Å². The number of carbonyl (C=O) groups is 1.